The lowest BCUT2D eigenvalue weighted by molar-refractivity contribution is -0.141. The van der Waals surface area contributed by atoms with Crippen molar-refractivity contribution in [2.75, 3.05) is 26.7 Å². The average Bonchev–Trinajstić information content (AvgIpc) is 2.63. The molecule has 2 aliphatic rings. The van der Waals surface area contributed by atoms with Gasteiger partial charge in [-0.15, -0.1) is 0 Å². The summed E-state index contributed by atoms with van der Waals surface area (Å²) in [5.74, 6) is 0.748. The highest BCUT2D eigenvalue weighted by atomic mass is 16.2. The number of hydrogen-bond donors (Lipinski definition) is 0. The van der Waals surface area contributed by atoms with Crippen LogP contribution < -0.4 is 0 Å². The summed E-state index contributed by atoms with van der Waals surface area (Å²) in [5, 5.41) is 0. The summed E-state index contributed by atoms with van der Waals surface area (Å²) in [6.45, 7) is 2.72. The van der Waals surface area contributed by atoms with Crippen LogP contribution in [0, 0.1) is 0 Å². The fourth-order valence-electron chi connectivity index (χ4n) is 3.24. The molecule has 0 spiro atoms. The van der Waals surface area contributed by atoms with Crippen molar-refractivity contribution >= 4 is 5.91 Å². The molecule has 3 rings (SSSR count). The van der Waals surface area contributed by atoms with Crippen molar-refractivity contribution in [3.8, 4) is 0 Å². The lowest BCUT2D eigenvalue weighted by Gasteiger charge is -2.42. The monoisotopic (exact) mass is 273 g/mol. The predicted octanol–water partition coefficient (Wildman–Crippen LogP) is 1.88. The number of likely N-dealkylation sites (tertiary alicyclic amines) is 2. The Hall–Kier alpha value is -1.42. The van der Waals surface area contributed by atoms with E-state index in [1.165, 1.54) is 19.3 Å². The number of carbonyl (C=O) groups is 1. The molecule has 0 aromatic carbocycles. The lowest BCUT2D eigenvalue weighted by atomic mass is 9.94. The number of amides is 1. The van der Waals surface area contributed by atoms with Gasteiger partial charge in [-0.3, -0.25) is 14.7 Å². The highest BCUT2D eigenvalue weighted by Crippen LogP contribution is 2.27. The molecule has 0 bridgehead atoms. The summed E-state index contributed by atoms with van der Waals surface area (Å²) in [6, 6.07) is 6.11. The average molecular weight is 273 g/mol. The van der Waals surface area contributed by atoms with Crippen molar-refractivity contribution in [1.29, 1.82) is 0 Å². The number of carbonyl (C=O) groups excluding carboxylic acids is 1. The first kappa shape index (κ1) is 13.6. The first-order valence-electron chi connectivity index (χ1n) is 7.65. The summed E-state index contributed by atoms with van der Waals surface area (Å²) >= 11 is 0. The summed E-state index contributed by atoms with van der Waals surface area (Å²) < 4.78 is 0. The fraction of sp³-hybridized carbons (Fsp3) is 0.625. The van der Waals surface area contributed by atoms with Crippen molar-refractivity contribution in [3.63, 3.8) is 0 Å². The normalized spacial score (nSPS) is 25.1. The highest BCUT2D eigenvalue weighted by Gasteiger charge is 2.37. The zero-order chi connectivity index (χ0) is 13.9. The fourth-order valence-corrected chi connectivity index (χ4v) is 3.24. The van der Waals surface area contributed by atoms with Crippen LogP contribution in [-0.2, 0) is 4.79 Å². The molecule has 1 amide bonds. The van der Waals surface area contributed by atoms with Crippen LogP contribution in [0.25, 0.3) is 0 Å². The van der Waals surface area contributed by atoms with Crippen LogP contribution in [0.5, 0.6) is 0 Å². The standard InChI is InChI=1S/C16H23N3O/c1-18-10-6-2-3-8-15(18)16(20)19-11-13(12-19)14-7-4-5-9-17-14/h4-5,7,9,13,15H,2-3,6,8,10-12H2,1H3/t15-/m1/s1. The number of aromatic nitrogens is 1. The number of pyridine rings is 1. The van der Waals surface area contributed by atoms with Crippen LogP contribution >= 0.6 is 0 Å². The molecule has 2 saturated heterocycles. The minimum Gasteiger partial charge on any atom is -0.340 e. The van der Waals surface area contributed by atoms with Gasteiger partial charge >= 0.3 is 0 Å². The quantitative estimate of drug-likeness (QED) is 0.825. The first-order valence-corrected chi connectivity index (χ1v) is 7.65. The van der Waals surface area contributed by atoms with E-state index in [0.717, 1.165) is 31.7 Å². The molecule has 0 N–H and O–H groups in total. The van der Waals surface area contributed by atoms with E-state index in [1.807, 2.05) is 23.2 Å². The van der Waals surface area contributed by atoms with E-state index in [0.29, 0.717) is 11.8 Å². The molecule has 0 saturated carbocycles. The van der Waals surface area contributed by atoms with Crippen LogP contribution in [0.3, 0.4) is 0 Å². The Labute approximate surface area is 120 Å². The van der Waals surface area contributed by atoms with Crippen LogP contribution in [0.15, 0.2) is 24.4 Å². The maximum Gasteiger partial charge on any atom is 0.239 e. The topological polar surface area (TPSA) is 36.4 Å². The molecule has 1 aromatic heterocycles. The largest absolute Gasteiger partial charge is 0.340 e. The Kier molecular flexibility index (Phi) is 4.01. The summed E-state index contributed by atoms with van der Waals surface area (Å²) in [7, 11) is 2.09. The lowest BCUT2D eigenvalue weighted by Crippen LogP contribution is -2.55. The smallest absolute Gasteiger partial charge is 0.239 e. The second-order valence-corrected chi connectivity index (χ2v) is 6.04. The van der Waals surface area contributed by atoms with E-state index in [9.17, 15) is 4.79 Å². The van der Waals surface area contributed by atoms with Gasteiger partial charge in [-0.2, -0.15) is 0 Å². The zero-order valence-electron chi connectivity index (χ0n) is 12.2. The van der Waals surface area contributed by atoms with E-state index in [1.54, 1.807) is 0 Å². The number of hydrogen-bond acceptors (Lipinski definition) is 3. The molecular formula is C16H23N3O. The van der Waals surface area contributed by atoms with E-state index in [-0.39, 0.29) is 6.04 Å². The Morgan fingerprint density at radius 1 is 1.25 bits per heavy atom. The molecule has 2 fully saturated rings. The third kappa shape index (κ3) is 2.70. The van der Waals surface area contributed by atoms with Gasteiger partial charge in [-0.05, 0) is 38.6 Å². The van der Waals surface area contributed by atoms with Gasteiger partial charge in [0.2, 0.25) is 5.91 Å². The summed E-state index contributed by atoms with van der Waals surface area (Å²) in [6.07, 6.45) is 6.50. The minimum absolute atomic E-state index is 0.0992. The van der Waals surface area contributed by atoms with Crippen molar-refractivity contribution in [2.24, 2.45) is 0 Å². The van der Waals surface area contributed by atoms with Gasteiger partial charge in [-0.25, -0.2) is 0 Å². The summed E-state index contributed by atoms with van der Waals surface area (Å²) in [5.41, 5.74) is 1.12. The molecule has 20 heavy (non-hydrogen) atoms. The molecule has 4 nitrogen and oxygen atoms in total. The van der Waals surface area contributed by atoms with Crippen molar-refractivity contribution in [2.45, 2.75) is 37.6 Å². The third-order valence-corrected chi connectivity index (χ3v) is 4.60. The van der Waals surface area contributed by atoms with Crippen LogP contribution in [-0.4, -0.2) is 53.4 Å². The maximum atomic E-state index is 12.6. The van der Waals surface area contributed by atoms with E-state index >= 15 is 0 Å². The Balaban J connectivity index is 1.57. The third-order valence-electron chi connectivity index (χ3n) is 4.60. The van der Waals surface area contributed by atoms with Gasteiger partial charge in [0, 0.05) is 30.9 Å². The Bertz CT molecular complexity index is 456. The molecular weight excluding hydrogens is 250 g/mol. The van der Waals surface area contributed by atoms with Gasteiger partial charge < -0.3 is 4.90 Å². The number of likely N-dealkylation sites (N-methyl/N-ethyl adjacent to an activating group) is 1. The van der Waals surface area contributed by atoms with E-state index in [2.05, 4.69) is 23.0 Å². The second-order valence-electron chi connectivity index (χ2n) is 6.04. The Morgan fingerprint density at radius 3 is 2.85 bits per heavy atom. The SMILES string of the molecule is CN1CCCCC[C@@H]1C(=O)N1CC(c2ccccn2)C1. The van der Waals surface area contributed by atoms with E-state index in [4.69, 9.17) is 0 Å². The molecule has 0 aliphatic carbocycles. The second kappa shape index (κ2) is 5.92. The van der Waals surface area contributed by atoms with Crippen molar-refractivity contribution in [1.82, 2.24) is 14.8 Å². The maximum absolute atomic E-state index is 12.6. The van der Waals surface area contributed by atoms with Crippen molar-refractivity contribution < 1.29 is 4.79 Å². The van der Waals surface area contributed by atoms with Crippen LogP contribution in [0.4, 0.5) is 0 Å². The van der Waals surface area contributed by atoms with Gasteiger partial charge in [0.15, 0.2) is 0 Å². The molecule has 0 radical (unpaired) electrons. The Morgan fingerprint density at radius 2 is 2.10 bits per heavy atom. The highest BCUT2D eigenvalue weighted by molar-refractivity contribution is 5.82. The minimum atomic E-state index is 0.0992. The van der Waals surface area contributed by atoms with Crippen LogP contribution in [0.1, 0.15) is 37.3 Å². The first-order chi connectivity index (χ1) is 9.75. The molecule has 3 heterocycles. The van der Waals surface area contributed by atoms with Gasteiger partial charge in [0.1, 0.15) is 0 Å². The summed E-state index contributed by atoms with van der Waals surface area (Å²) in [4.78, 5) is 21.2. The number of rotatable bonds is 2. The molecule has 2 aliphatic heterocycles. The van der Waals surface area contributed by atoms with Gasteiger partial charge in [-0.1, -0.05) is 18.9 Å². The predicted molar refractivity (Wildman–Crippen MR) is 78.4 cm³/mol. The molecule has 0 unspecified atom stereocenters. The van der Waals surface area contributed by atoms with E-state index < -0.39 is 0 Å². The zero-order valence-corrected chi connectivity index (χ0v) is 12.2. The van der Waals surface area contributed by atoms with Crippen LogP contribution in [0.2, 0.25) is 0 Å². The molecule has 108 valence electrons. The number of nitrogens with zero attached hydrogens (tertiary/aromatic N) is 3. The molecule has 1 atom stereocenters. The van der Waals surface area contributed by atoms with Gasteiger partial charge in [0.05, 0.1) is 6.04 Å². The molecule has 1 aromatic rings. The van der Waals surface area contributed by atoms with Gasteiger partial charge in [0.25, 0.3) is 0 Å². The molecule has 4 heteroatoms. The van der Waals surface area contributed by atoms with Crippen molar-refractivity contribution in [3.05, 3.63) is 30.1 Å².